The van der Waals surface area contributed by atoms with Crippen LogP contribution in [0.4, 0.5) is 0 Å². The van der Waals surface area contributed by atoms with Crippen LogP contribution in [0, 0.1) is 0 Å². The molecule has 2 nitrogen and oxygen atoms in total. The lowest BCUT2D eigenvalue weighted by Gasteiger charge is -2.04. The molecule has 0 aliphatic carbocycles. The lowest BCUT2D eigenvalue weighted by atomic mass is 10.5. The minimum absolute atomic E-state index is 0.793. The third kappa shape index (κ3) is 7.45. The minimum Gasteiger partial charge on any atom is -0.501 e. The van der Waals surface area contributed by atoms with Crippen molar-refractivity contribution in [3.8, 4) is 0 Å². The van der Waals surface area contributed by atoms with Gasteiger partial charge in [-0.1, -0.05) is 13.8 Å². The molecule has 0 N–H and O–H groups in total. The van der Waals surface area contributed by atoms with E-state index >= 15 is 0 Å². The minimum atomic E-state index is 0.793. The topological polar surface area (TPSA) is 18.5 Å². The van der Waals surface area contributed by atoms with Crippen molar-refractivity contribution in [2.45, 2.75) is 26.7 Å². The van der Waals surface area contributed by atoms with E-state index in [1.165, 1.54) is 0 Å². The molecule has 0 unspecified atom stereocenters. The van der Waals surface area contributed by atoms with Crippen molar-refractivity contribution in [1.29, 1.82) is 0 Å². The van der Waals surface area contributed by atoms with Crippen LogP contribution in [0.3, 0.4) is 0 Å². The van der Waals surface area contributed by atoms with Gasteiger partial charge in [0.1, 0.15) is 6.26 Å². The zero-order valence-electron chi connectivity index (χ0n) is 7.72. The summed E-state index contributed by atoms with van der Waals surface area (Å²) in [6.07, 6.45) is 3.86. The molecule has 0 fully saturated rings. The molecule has 0 spiro atoms. The fourth-order valence-electron chi connectivity index (χ4n) is 0.591. The standard InChI is InChI=1S/C8H18O2Si/c1-3-5-9-7-8(11)10-6-4-2/h7H,3-6H2,1-2,11H3. The Morgan fingerprint density at radius 2 is 1.91 bits per heavy atom. The Morgan fingerprint density at radius 1 is 1.27 bits per heavy atom. The number of ether oxygens (including phenoxy) is 2. The first kappa shape index (κ1) is 10.6. The largest absolute Gasteiger partial charge is 0.501 e. The molecule has 0 aromatic rings. The van der Waals surface area contributed by atoms with Crippen LogP contribution in [0.2, 0.25) is 0 Å². The summed E-state index contributed by atoms with van der Waals surface area (Å²) in [5, 5.41) is 1.00. The summed E-state index contributed by atoms with van der Waals surface area (Å²) >= 11 is 0. The van der Waals surface area contributed by atoms with Gasteiger partial charge in [0.2, 0.25) is 0 Å². The van der Waals surface area contributed by atoms with E-state index in [9.17, 15) is 0 Å². The Morgan fingerprint density at radius 3 is 2.45 bits per heavy atom. The molecule has 0 amide bonds. The molecular weight excluding hydrogens is 156 g/mol. The molecule has 0 bridgehead atoms. The van der Waals surface area contributed by atoms with Gasteiger partial charge in [0.25, 0.3) is 0 Å². The van der Waals surface area contributed by atoms with E-state index in [-0.39, 0.29) is 0 Å². The Balaban J connectivity index is 3.30. The molecular formula is C8H18O2Si. The Labute approximate surface area is 72.0 Å². The Kier molecular flexibility index (Phi) is 7.35. The molecule has 0 aliphatic rings. The van der Waals surface area contributed by atoms with Crippen LogP contribution in [-0.2, 0) is 9.47 Å². The van der Waals surface area contributed by atoms with Crippen LogP contribution < -0.4 is 0 Å². The normalized spacial score (nSPS) is 11.6. The van der Waals surface area contributed by atoms with Gasteiger partial charge in [-0.05, 0) is 12.8 Å². The maximum Gasteiger partial charge on any atom is 0.114 e. The summed E-state index contributed by atoms with van der Waals surface area (Å²) in [6, 6.07) is 0. The highest BCUT2D eigenvalue weighted by Gasteiger charge is 1.87. The zero-order valence-corrected chi connectivity index (χ0v) is 9.72. The molecule has 0 atom stereocenters. The van der Waals surface area contributed by atoms with Crippen LogP contribution in [-0.4, -0.2) is 23.5 Å². The van der Waals surface area contributed by atoms with Crippen LogP contribution >= 0.6 is 0 Å². The van der Waals surface area contributed by atoms with Crippen molar-refractivity contribution in [1.82, 2.24) is 0 Å². The van der Waals surface area contributed by atoms with E-state index in [0.29, 0.717) is 0 Å². The van der Waals surface area contributed by atoms with Crippen molar-refractivity contribution < 1.29 is 9.47 Å². The Bertz CT molecular complexity index is 113. The SMILES string of the molecule is CCCOC=C([SiH3])OCCC. The van der Waals surface area contributed by atoms with Crippen LogP contribution in [0.25, 0.3) is 0 Å². The van der Waals surface area contributed by atoms with Crippen molar-refractivity contribution in [2.24, 2.45) is 0 Å². The van der Waals surface area contributed by atoms with E-state index in [0.717, 1.165) is 41.7 Å². The maximum absolute atomic E-state index is 5.34. The molecule has 66 valence electrons. The fraction of sp³-hybridized carbons (Fsp3) is 0.750. The second-order valence-corrected chi connectivity index (χ2v) is 3.43. The third-order valence-electron chi connectivity index (χ3n) is 1.11. The molecule has 3 heteroatoms. The molecule has 0 radical (unpaired) electrons. The number of rotatable bonds is 6. The van der Waals surface area contributed by atoms with E-state index in [1.807, 2.05) is 0 Å². The second kappa shape index (κ2) is 7.66. The van der Waals surface area contributed by atoms with Gasteiger partial charge < -0.3 is 9.47 Å². The predicted molar refractivity (Wildman–Crippen MR) is 50.5 cm³/mol. The third-order valence-corrected chi connectivity index (χ3v) is 1.63. The first-order valence-corrected chi connectivity index (χ1v) is 5.22. The fourth-order valence-corrected chi connectivity index (χ4v) is 0.962. The summed E-state index contributed by atoms with van der Waals surface area (Å²) in [5.74, 6) is 0. The number of hydrogen-bond donors (Lipinski definition) is 0. The molecule has 0 aliphatic heterocycles. The average Bonchev–Trinajstić information content (AvgIpc) is 2.01. The molecule has 0 heterocycles. The van der Waals surface area contributed by atoms with E-state index in [2.05, 4.69) is 13.8 Å². The van der Waals surface area contributed by atoms with Gasteiger partial charge in [-0.3, -0.25) is 0 Å². The van der Waals surface area contributed by atoms with Gasteiger partial charge in [-0.15, -0.1) is 0 Å². The van der Waals surface area contributed by atoms with E-state index in [1.54, 1.807) is 6.26 Å². The van der Waals surface area contributed by atoms with Crippen molar-refractivity contribution >= 4 is 10.2 Å². The predicted octanol–water partition coefficient (Wildman–Crippen LogP) is 1.00. The molecule has 0 rings (SSSR count). The molecule has 0 aromatic heterocycles. The first-order valence-electron chi connectivity index (χ1n) is 4.22. The molecule has 0 saturated heterocycles. The average molecular weight is 174 g/mol. The van der Waals surface area contributed by atoms with Gasteiger partial charge in [0.15, 0.2) is 0 Å². The van der Waals surface area contributed by atoms with Gasteiger partial charge in [-0.2, -0.15) is 0 Å². The monoisotopic (exact) mass is 174 g/mol. The van der Waals surface area contributed by atoms with Crippen molar-refractivity contribution in [2.75, 3.05) is 13.2 Å². The molecule has 11 heavy (non-hydrogen) atoms. The van der Waals surface area contributed by atoms with Crippen LogP contribution in [0.5, 0.6) is 0 Å². The summed E-state index contributed by atoms with van der Waals surface area (Å²) < 4.78 is 10.5. The first-order chi connectivity index (χ1) is 5.31. The molecule has 0 saturated carbocycles. The molecule has 0 aromatic carbocycles. The summed E-state index contributed by atoms with van der Waals surface area (Å²) in [5.41, 5.74) is 0. The summed E-state index contributed by atoms with van der Waals surface area (Å²) in [4.78, 5) is 0. The smallest absolute Gasteiger partial charge is 0.114 e. The maximum atomic E-state index is 5.34. The lowest BCUT2D eigenvalue weighted by molar-refractivity contribution is 0.195. The van der Waals surface area contributed by atoms with E-state index in [4.69, 9.17) is 9.47 Å². The van der Waals surface area contributed by atoms with Crippen molar-refractivity contribution in [3.63, 3.8) is 0 Å². The quantitative estimate of drug-likeness (QED) is 0.340. The Hall–Kier alpha value is -0.443. The van der Waals surface area contributed by atoms with Gasteiger partial charge in [0.05, 0.1) is 28.8 Å². The van der Waals surface area contributed by atoms with Gasteiger partial charge in [-0.25, -0.2) is 0 Å². The summed E-state index contributed by atoms with van der Waals surface area (Å²) in [7, 11) is 0.934. The van der Waals surface area contributed by atoms with Crippen molar-refractivity contribution in [3.05, 3.63) is 11.6 Å². The van der Waals surface area contributed by atoms with Crippen LogP contribution in [0.1, 0.15) is 26.7 Å². The van der Waals surface area contributed by atoms with E-state index < -0.39 is 0 Å². The van der Waals surface area contributed by atoms with Crippen LogP contribution in [0.15, 0.2) is 11.6 Å². The number of hydrogen-bond acceptors (Lipinski definition) is 2. The summed E-state index contributed by atoms with van der Waals surface area (Å²) in [6.45, 7) is 5.79. The highest BCUT2D eigenvalue weighted by molar-refractivity contribution is 6.20. The lowest BCUT2D eigenvalue weighted by Crippen LogP contribution is -1.95. The van der Waals surface area contributed by atoms with Gasteiger partial charge in [0, 0.05) is 0 Å². The highest BCUT2D eigenvalue weighted by atomic mass is 28.1. The second-order valence-electron chi connectivity index (χ2n) is 2.45. The zero-order chi connectivity index (χ0) is 8.53. The highest BCUT2D eigenvalue weighted by Crippen LogP contribution is 1.93. The van der Waals surface area contributed by atoms with Gasteiger partial charge >= 0.3 is 0 Å².